The van der Waals surface area contributed by atoms with Gasteiger partial charge >= 0.3 is 0 Å². The molecule has 2 aromatic carbocycles. The Hall–Kier alpha value is -3.40. The Morgan fingerprint density at radius 2 is 1.62 bits per heavy atom. The fourth-order valence-electron chi connectivity index (χ4n) is 4.17. The van der Waals surface area contributed by atoms with Crippen LogP contribution in [0.1, 0.15) is 19.3 Å². The molecule has 1 fully saturated rings. The number of anilines is 1. The summed E-state index contributed by atoms with van der Waals surface area (Å²) in [6, 6.07) is 9.80. The van der Waals surface area contributed by atoms with Gasteiger partial charge in [0.25, 0.3) is 0 Å². The minimum Gasteiger partial charge on any atom is -0.493 e. The van der Waals surface area contributed by atoms with Gasteiger partial charge in [0.2, 0.25) is 26.6 Å². The van der Waals surface area contributed by atoms with Gasteiger partial charge in [-0.3, -0.25) is 0 Å². The third-order valence-corrected chi connectivity index (χ3v) is 7.58. The minimum atomic E-state index is -4.01. The van der Waals surface area contributed by atoms with Crippen molar-refractivity contribution in [2.75, 3.05) is 45.4 Å². The summed E-state index contributed by atoms with van der Waals surface area (Å²) in [6.07, 6.45) is 3.00. The van der Waals surface area contributed by atoms with E-state index in [2.05, 4.69) is 4.98 Å². The molecule has 2 aliphatic rings. The van der Waals surface area contributed by atoms with Gasteiger partial charge < -0.3 is 28.3 Å². The number of hydrogen-bond donors (Lipinski definition) is 0. The largest absolute Gasteiger partial charge is 0.493 e. The van der Waals surface area contributed by atoms with Crippen LogP contribution in [-0.4, -0.2) is 53.9 Å². The predicted octanol–water partition coefficient (Wildman–Crippen LogP) is 3.95. The van der Waals surface area contributed by atoms with E-state index in [-0.39, 0.29) is 21.7 Å². The van der Waals surface area contributed by atoms with Crippen LogP contribution in [0, 0.1) is 0 Å². The number of oxazole rings is 1. The third-order valence-electron chi connectivity index (χ3n) is 5.93. The van der Waals surface area contributed by atoms with Gasteiger partial charge in [0.1, 0.15) is 13.2 Å². The smallest absolute Gasteiger partial charge is 0.236 e. The maximum Gasteiger partial charge on any atom is 0.236 e. The van der Waals surface area contributed by atoms with Crippen molar-refractivity contribution in [3.63, 3.8) is 0 Å². The lowest BCUT2D eigenvalue weighted by Crippen LogP contribution is -2.30. The molecule has 0 saturated carbocycles. The quantitative estimate of drug-likeness (QED) is 0.513. The molecule has 0 radical (unpaired) electrons. The maximum atomic E-state index is 13.8. The zero-order valence-corrected chi connectivity index (χ0v) is 19.9. The standard InChI is InChI=1S/C24H26N2O7S/c1-29-18-8-6-16(14-20(18)30-2)22-25-23(24(33-22)26-10-4-3-5-11-26)34(27,28)17-7-9-19-21(15-17)32-13-12-31-19/h6-9,14-15H,3-5,10-13H2,1-2H3. The summed E-state index contributed by atoms with van der Waals surface area (Å²) in [7, 11) is -0.920. The first-order valence-electron chi connectivity index (χ1n) is 11.1. The van der Waals surface area contributed by atoms with E-state index in [0.717, 1.165) is 19.3 Å². The van der Waals surface area contributed by atoms with Gasteiger partial charge in [-0.15, -0.1) is 0 Å². The number of hydrogen-bond acceptors (Lipinski definition) is 9. The number of nitrogens with zero attached hydrogens (tertiary/aromatic N) is 2. The van der Waals surface area contributed by atoms with Crippen LogP contribution in [0.2, 0.25) is 0 Å². The molecule has 0 unspecified atom stereocenters. The van der Waals surface area contributed by atoms with E-state index >= 15 is 0 Å². The molecule has 1 aromatic heterocycles. The zero-order valence-electron chi connectivity index (χ0n) is 19.1. The van der Waals surface area contributed by atoms with Crippen LogP contribution in [0.25, 0.3) is 11.5 Å². The monoisotopic (exact) mass is 486 g/mol. The number of sulfone groups is 1. The van der Waals surface area contributed by atoms with Crippen molar-refractivity contribution in [2.24, 2.45) is 0 Å². The Balaban J connectivity index is 1.61. The molecule has 2 aliphatic heterocycles. The summed E-state index contributed by atoms with van der Waals surface area (Å²) >= 11 is 0. The molecule has 5 rings (SSSR count). The fraction of sp³-hybridized carbons (Fsp3) is 0.375. The molecule has 3 aromatic rings. The molecule has 3 heterocycles. The molecule has 34 heavy (non-hydrogen) atoms. The van der Waals surface area contributed by atoms with E-state index in [1.165, 1.54) is 19.2 Å². The molecule has 0 amide bonds. The van der Waals surface area contributed by atoms with Crippen molar-refractivity contribution in [1.82, 2.24) is 4.98 Å². The Bertz CT molecular complexity index is 1300. The average molecular weight is 487 g/mol. The van der Waals surface area contributed by atoms with Crippen molar-refractivity contribution < 1.29 is 31.8 Å². The lowest BCUT2D eigenvalue weighted by atomic mass is 10.1. The molecule has 9 nitrogen and oxygen atoms in total. The van der Waals surface area contributed by atoms with Crippen molar-refractivity contribution in [3.05, 3.63) is 36.4 Å². The molecule has 1 saturated heterocycles. The summed E-state index contributed by atoms with van der Waals surface area (Å²) in [5, 5.41) is -0.115. The molecule has 0 bridgehead atoms. The van der Waals surface area contributed by atoms with Crippen LogP contribution in [0.3, 0.4) is 0 Å². The Kier molecular flexibility index (Phi) is 5.99. The SMILES string of the molecule is COc1ccc(-c2nc(S(=O)(=O)c3ccc4c(c3)OCCO4)c(N3CCCCC3)o2)cc1OC. The van der Waals surface area contributed by atoms with Gasteiger partial charge in [0.05, 0.1) is 19.1 Å². The van der Waals surface area contributed by atoms with Gasteiger partial charge in [-0.25, -0.2) is 8.42 Å². The Morgan fingerprint density at radius 3 is 2.35 bits per heavy atom. The Morgan fingerprint density at radius 1 is 0.882 bits per heavy atom. The first-order chi connectivity index (χ1) is 16.5. The number of piperidine rings is 1. The summed E-state index contributed by atoms with van der Waals surface area (Å²) in [4.78, 5) is 6.50. The maximum absolute atomic E-state index is 13.8. The van der Waals surface area contributed by atoms with Crippen molar-refractivity contribution in [2.45, 2.75) is 29.2 Å². The zero-order chi connectivity index (χ0) is 23.7. The number of rotatable bonds is 6. The fourth-order valence-corrected chi connectivity index (χ4v) is 5.50. The van der Waals surface area contributed by atoms with Crippen LogP contribution < -0.4 is 23.8 Å². The molecule has 0 N–H and O–H groups in total. The summed E-state index contributed by atoms with van der Waals surface area (Å²) < 4.78 is 55.5. The predicted molar refractivity (Wildman–Crippen MR) is 124 cm³/mol. The number of benzene rings is 2. The highest BCUT2D eigenvalue weighted by Crippen LogP contribution is 2.40. The van der Waals surface area contributed by atoms with Crippen LogP contribution in [0.4, 0.5) is 5.88 Å². The first-order valence-corrected chi connectivity index (χ1v) is 12.6. The molecular weight excluding hydrogens is 460 g/mol. The third kappa shape index (κ3) is 4.02. The van der Waals surface area contributed by atoms with Crippen molar-refractivity contribution in [1.29, 1.82) is 0 Å². The summed E-state index contributed by atoms with van der Waals surface area (Å²) in [5.74, 6) is 2.41. The minimum absolute atomic E-state index is 0.0715. The highest BCUT2D eigenvalue weighted by molar-refractivity contribution is 7.91. The van der Waals surface area contributed by atoms with Crippen LogP contribution in [0.5, 0.6) is 23.0 Å². The topological polar surface area (TPSA) is 100 Å². The lowest BCUT2D eigenvalue weighted by molar-refractivity contribution is 0.171. The van der Waals surface area contributed by atoms with Crippen molar-refractivity contribution >= 4 is 15.7 Å². The molecule has 0 aliphatic carbocycles. The van der Waals surface area contributed by atoms with Gasteiger partial charge in [0, 0.05) is 24.7 Å². The van der Waals surface area contributed by atoms with Gasteiger partial charge in [-0.2, -0.15) is 4.98 Å². The Labute approximate surface area is 198 Å². The van der Waals surface area contributed by atoms with E-state index in [4.69, 9.17) is 23.4 Å². The number of aromatic nitrogens is 1. The summed E-state index contributed by atoms with van der Waals surface area (Å²) in [5.41, 5.74) is 0.583. The second kappa shape index (κ2) is 9.09. The van der Waals surface area contributed by atoms with Gasteiger partial charge in [-0.1, -0.05) is 0 Å². The van der Waals surface area contributed by atoms with Gasteiger partial charge in [-0.05, 0) is 49.6 Å². The van der Waals surface area contributed by atoms with E-state index in [1.54, 1.807) is 31.4 Å². The molecule has 180 valence electrons. The summed E-state index contributed by atoms with van der Waals surface area (Å²) in [6.45, 7) is 2.19. The molecular formula is C24H26N2O7S. The first kappa shape index (κ1) is 22.4. The van der Waals surface area contributed by atoms with Crippen LogP contribution >= 0.6 is 0 Å². The normalized spacial score (nSPS) is 15.8. The molecule has 0 spiro atoms. The van der Waals surface area contributed by atoms with Crippen LogP contribution in [-0.2, 0) is 9.84 Å². The highest BCUT2D eigenvalue weighted by Gasteiger charge is 2.33. The molecule has 10 heteroatoms. The van der Waals surface area contributed by atoms with E-state index < -0.39 is 9.84 Å². The average Bonchev–Trinajstić information content (AvgIpc) is 3.35. The van der Waals surface area contributed by atoms with E-state index in [9.17, 15) is 8.42 Å². The number of fused-ring (bicyclic) bond motifs is 1. The van der Waals surface area contributed by atoms with Gasteiger partial charge in [0.15, 0.2) is 23.0 Å². The van der Waals surface area contributed by atoms with Crippen molar-refractivity contribution in [3.8, 4) is 34.5 Å². The number of methoxy groups -OCH3 is 2. The lowest BCUT2D eigenvalue weighted by Gasteiger charge is -2.26. The highest BCUT2D eigenvalue weighted by atomic mass is 32.2. The van der Waals surface area contributed by atoms with Crippen LogP contribution in [0.15, 0.2) is 50.7 Å². The van der Waals surface area contributed by atoms with E-state index in [1.807, 2.05) is 4.90 Å². The second-order valence-electron chi connectivity index (χ2n) is 8.06. The molecule has 0 atom stereocenters. The number of ether oxygens (including phenoxy) is 4. The second-order valence-corrected chi connectivity index (χ2v) is 9.92. The van der Waals surface area contributed by atoms with E-state index in [0.29, 0.717) is 54.9 Å².